The second-order valence-electron chi connectivity index (χ2n) is 5.28. The lowest BCUT2D eigenvalue weighted by Gasteiger charge is -2.49. The number of esters is 1. The van der Waals surface area contributed by atoms with Gasteiger partial charge in [-0.2, -0.15) is 11.8 Å². The molecule has 2 aliphatic rings. The summed E-state index contributed by atoms with van der Waals surface area (Å²) in [6.07, 6.45) is 6.28. The third-order valence-electron chi connectivity index (χ3n) is 4.49. The van der Waals surface area contributed by atoms with Crippen molar-refractivity contribution in [1.82, 2.24) is 0 Å². The van der Waals surface area contributed by atoms with Gasteiger partial charge in [0, 0.05) is 0 Å². The average molecular weight is 258 g/mol. The number of ether oxygens (including phenoxy) is 1. The van der Waals surface area contributed by atoms with Crippen molar-refractivity contribution in [2.75, 3.05) is 18.6 Å². The minimum absolute atomic E-state index is 0.188. The third-order valence-corrected chi connectivity index (χ3v) is 5.48. The molecule has 1 saturated carbocycles. The largest absolute Gasteiger partial charge is 0.469 e. The Balaban J connectivity index is 2.27. The molecule has 1 N–H and O–H groups in total. The first kappa shape index (κ1) is 13.2. The van der Waals surface area contributed by atoms with Gasteiger partial charge in [-0.15, -0.1) is 0 Å². The first-order valence-electron chi connectivity index (χ1n) is 6.53. The maximum atomic E-state index is 12.2. The number of thioether (sulfide) groups is 1. The predicted octanol–water partition coefficient (Wildman–Crippen LogP) is 2.37. The van der Waals surface area contributed by atoms with E-state index >= 15 is 0 Å². The summed E-state index contributed by atoms with van der Waals surface area (Å²) in [5.41, 5.74) is -1.45. The zero-order valence-electron chi connectivity index (χ0n) is 10.5. The molecule has 0 aromatic rings. The molecule has 1 aliphatic carbocycles. The molecular formula is C13H22O3S. The van der Waals surface area contributed by atoms with Crippen molar-refractivity contribution in [2.45, 2.75) is 50.5 Å². The van der Waals surface area contributed by atoms with Crippen molar-refractivity contribution in [3.8, 4) is 0 Å². The fraction of sp³-hybridized carbons (Fsp3) is 0.923. The van der Waals surface area contributed by atoms with E-state index in [9.17, 15) is 9.90 Å². The first-order valence-corrected chi connectivity index (χ1v) is 7.69. The van der Waals surface area contributed by atoms with Crippen LogP contribution in [0.4, 0.5) is 0 Å². The van der Waals surface area contributed by atoms with Crippen molar-refractivity contribution < 1.29 is 14.6 Å². The van der Waals surface area contributed by atoms with Gasteiger partial charge in [-0.25, -0.2) is 0 Å². The van der Waals surface area contributed by atoms with Crippen molar-refractivity contribution in [2.24, 2.45) is 5.41 Å². The van der Waals surface area contributed by atoms with Gasteiger partial charge in [0.25, 0.3) is 0 Å². The van der Waals surface area contributed by atoms with Crippen molar-refractivity contribution in [1.29, 1.82) is 0 Å². The molecule has 1 aliphatic heterocycles. The van der Waals surface area contributed by atoms with Crippen molar-refractivity contribution >= 4 is 17.7 Å². The number of hydrogen-bond donors (Lipinski definition) is 1. The Kier molecular flexibility index (Phi) is 4.03. The standard InChI is InChI=1S/C13H22O3S/c1-16-11(14)12(5-3-2-4-6-12)13(15)7-9-17-10-8-13/h15H,2-10H2,1H3. The summed E-state index contributed by atoms with van der Waals surface area (Å²) in [4.78, 5) is 12.2. The molecule has 0 amide bonds. The van der Waals surface area contributed by atoms with E-state index in [1.54, 1.807) is 0 Å². The Morgan fingerprint density at radius 2 is 1.71 bits per heavy atom. The van der Waals surface area contributed by atoms with Gasteiger partial charge < -0.3 is 9.84 Å². The molecule has 17 heavy (non-hydrogen) atoms. The van der Waals surface area contributed by atoms with E-state index in [4.69, 9.17) is 4.74 Å². The molecule has 0 aromatic carbocycles. The summed E-state index contributed by atoms with van der Waals surface area (Å²) >= 11 is 1.87. The second-order valence-corrected chi connectivity index (χ2v) is 6.50. The van der Waals surface area contributed by atoms with Gasteiger partial charge in [0.05, 0.1) is 18.1 Å². The van der Waals surface area contributed by atoms with E-state index < -0.39 is 11.0 Å². The molecule has 98 valence electrons. The average Bonchev–Trinajstić information content (AvgIpc) is 2.39. The third kappa shape index (κ3) is 2.22. The highest BCUT2D eigenvalue weighted by Gasteiger charge is 2.56. The molecule has 0 aromatic heterocycles. The van der Waals surface area contributed by atoms with Gasteiger partial charge in [0.15, 0.2) is 0 Å². The van der Waals surface area contributed by atoms with E-state index in [1.807, 2.05) is 11.8 Å². The summed E-state index contributed by atoms with van der Waals surface area (Å²) in [7, 11) is 1.44. The molecule has 1 saturated heterocycles. The van der Waals surface area contributed by atoms with Gasteiger partial charge in [-0.3, -0.25) is 4.79 Å². The van der Waals surface area contributed by atoms with Crippen LogP contribution in [0.2, 0.25) is 0 Å². The van der Waals surface area contributed by atoms with Gasteiger partial charge >= 0.3 is 5.97 Å². The van der Waals surface area contributed by atoms with Crippen LogP contribution in [0.1, 0.15) is 44.9 Å². The molecule has 1 heterocycles. The summed E-state index contributed by atoms with van der Waals surface area (Å²) in [6.45, 7) is 0. The number of methoxy groups -OCH3 is 1. The Morgan fingerprint density at radius 3 is 2.24 bits per heavy atom. The molecule has 2 rings (SSSR count). The summed E-state index contributed by atoms with van der Waals surface area (Å²) in [6, 6.07) is 0. The summed E-state index contributed by atoms with van der Waals surface area (Å²) in [5.74, 6) is 1.72. The van der Waals surface area contributed by atoms with Crippen LogP contribution in [-0.2, 0) is 9.53 Å². The molecule has 4 heteroatoms. The Hall–Kier alpha value is -0.220. The highest BCUT2D eigenvalue weighted by molar-refractivity contribution is 7.99. The monoisotopic (exact) mass is 258 g/mol. The number of hydrogen-bond acceptors (Lipinski definition) is 4. The van der Waals surface area contributed by atoms with Crippen LogP contribution in [0.15, 0.2) is 0 Å². The maximum Gasteiger partial charge on any atom is 0.314 e. The van der Waals surface area contributed by atoms with E-state index in [2.05, 4.69) is 0 Å². The molecule has 0 bridgehead atoms. The van der Waals surface area contributed by atoms with Gasteiger partial charge in [0.2, 0.25) is 0 Å². The van der Waals surface area contributed by atoms with E-state index in [-0.39, 0.29) is 5.97 Å². The molecule has 0 atom stereocenters. The molecule has 3 nitrogen and oxygen atoms in total. The topological polar surface area (TPSA) is 46.5 Å². The minimum atomic E-state index is -0.828. The fourth-order valence-electron chi connectivity index (χ4n) is 3.40. The quantitative estimate of drug-likeness (QED) is 0.772. The highest BCUT2D eigenvalue weighted by atomic mass is 32.2. The normalized spacial score (nSPS) is 27.4. The van der Waals surface area contributed by atoms with Crippen LogP contribution in [0.5, 0.6) is 0 Å². The molecule has 0 radical (unpaired) electrons. The molecule has 0 spiro atoms. The lowest BCUT2D eigenvalue weighted by Crippen LogP contribution is -2.56. The number of rotatable bonds is 2. The second kappa shape index (κ2) is 5.19. The molecular weight excluding hydrogens is 236 g/mol. The lowest BCUT2D eigenvalue weighted by atomic mass is 9.61. The Morgan fingerprint density at radius 1 is 1.12 bits per heavy atom. The van der Waals surface area contributed by atoms with Crippen LogP contribution < -0.4 is 0 Å². The lowest BCUT2D eigenvalue weighted by molar-refractivity contribution is -0.180. The zero-order valence-corrected chi connectivity index (χ0v) is 11.4. The van der Waals surface area contributed by atoms with Crippen LogP contribution >= 0.6 is 11.8 Å². The van der Waals surface area contributed by atoms with Crippen LogP contribution in [0, 0.1) is 5.41 Å². The summed E-state index contributed by atoms with van der Waals surface area (Å²) in [5, 5.41) is 10.9. The maximum absolute atomic E-state index is 12.2. The van der Waals surface area contributed by atoms with Crippen LogP contribution in [0.25, 0.3) is 0 Å². The van der Waals surface area contributed by atoms with Crippen molar-refractivity contribution in [3.63, 3.8) is 0 Å². The fourth-order valence-corrected chi connectivity index (χ4v) is 4.57. The van der Waals surface area contributed by atoms with Gasteiger partial charge in [0.1, 0.15) is 0 Å². The van der Waals surface area contributed by atoms with Crippen LogP contribution in [0.3, 0.4) is 0 Å². The van der Waals surface area contributed by atoms with Gasteiger partial charge in [-0.1, -0.05) is 19.3 Å². The predicted molar refractivity (Wildman–Crippen MR) is 69.0 cm³/mol. The smallest absolute Gasteiger partial charge is 0.314 e. The number of aliphatic hydroxyl groups is 1. The molecule has 0 unspecified atom stereocenters. The zero-order chi connectivity index (χ0) is 12.4. The number of carbonyl (C=O) groups excluding carboxylic acids is 1. The minimum Gasteiger partial charge on any atom is -0.469 e. The van der Waals surface area contributed by atoms with E-state index in [1.165, 1.54) is 13.5 Å². The van der Waals surface area contributed by atoms with E-state index in [0.717, 1.165) is 50.0 Å². The first-order chi connectivity index (χ1) is 8.15. The highest BCUT2D eigenvalue weighted by Crippen LogP contribution is 2.51. The Labute approximate surface area is 107 Å². The Bertz CT molecular complexity index is 278. The van der Waals surface area contributed by atoms with Crippen molar-refractivity contribution in [3.05, 3.63) is 0 Å². The van der Waals surface area contributed by atoms with E-state index in [0.29, 0.717) is 0 Å². The summed E-state index contributed by atoms with van der Waals surface area (Å²) < 4.78 is 5.01. The number of carbonyl (C=O) groups is 1. The van der Waals surface area contributed by atoms with Crippen LogP contribution in [-0.4, -0.2) is 35.3 Å². The van der Waals surface area contributed by atoms with Gasteiger partial charge in [-0.05, 0) is 37.2 Å². The molecule has 2 fully saturated rings. The SMILES string of the molecule is COC(=O)C1(C2(O)CCSCC2)CCCCC1.